The molecule has 0 bridgehead atoms. The number of amides is 1. The van der Waals surface area contributed by atoms with Crippen LogP contribution in [0.4, 0.5) is 0 Å². The molecule has 0 heterocycles. The molecule has 0 aromatic heterocycles. The van der Waals surface area contributed by atoms with E-state index < -0.39 is 0 Å². The van der Waals surface area contributed by atoms with Crippen LogP contribution in [0.15, 0.2) is 24.3 Å². The first-order chi connectivity index (χ1) is 8.04. The summed E-state index contributed by atoms with van der Waals surface area (Å²) in [6.45, 7) is 2.69. The van der Waals surface area contributed by atoms with E-state index in [1.807, 2.05) is 38.2 Å². The molecule has 1 atom stereocenters. The molecule has 0 radical (unpaired) electrons. The summed E-state index contributed by atoms with van der Waals surface area (Å²) in [5, 5.41) is 0.745. The molecule has 94 valence electrons. The molecule has 0 aliphatic heterocycles. The van der Waals surface area contributed by atoms with Gasteiger partial charge in [-0.15, -0.1) is 0 Å². The highest BCUT2D eigenvalue weighted by Gasteiger charge is 2.14. The zero-order chi connectivity index (χ0) is 12.8. The number of hydrogen-bond donors (Lipinski definition) is 2. The second-order valence-corrected chi connectivity index (χ2v) is 4.53. The largest absolute Gasteiger partial charge is 0.299 e. The van der Waals surface area contributed by atoms with Gasteiger partial charge in [0.2, 0.25) is 5.91 Å². The molecule has 0 saturated carbocycles. The quantitative estimate of drug-likeness (QED) is 0.477. The molecule has 0 saturated heterocycles. The first kappa shape index (κ1) is 14.0. The molecule has 1 rings (SSSR count). The number of carbonyl (C=O) groups is 1. The molecule has 1 aromatic carbocycles. The van der Waals surface area contributed by atoms with E-state index >= 15 is 0 Å². The van der Waals surface area contributed by atoms with Gasteiger partial charge in [0.25, 0.3) is 0 Å². The molecule has 1 amide bonds. The predicted molar refractivity (Wildman–Crippen MR) is 69.3 cm³/mol. The van der Waals surface area contributed by atoms with E-state index in [0.717, 1.165) is 10.6 Å². The standard InChI is InChI=1S/C12H18ClN3O/c1-9(7-12(17)15-14)16(2)8-10-5-3-4-6-11(10)13/h3-6,9H,7-8,14H2,1-2H3,(H,15,17). The average molecular weight is 256 g/mol. The predicted octanol–water partition coefficient (Wildman–Crippen LogP) is 1.54. The van der Waals surface area contributed by atoms with Crippen molar-refractivity contribution < 1.29 is 4.79 Å². The fraction of sp³-hybridized carbons (Fsp3) is 0.417. The molecule has 5 heteroatoms. The molecule has 1 unspecified atom stereocenters. The van der Waals surface area contributed by atoms with Gasteiger partial charge in [0.1, 0.15) is 0 Å². The van der Waals surface area contributed by atoms with Crippen molar-refractivity contribution >= 4 is 17.5 Å². The second-order valence-electron chi connectivity index (χ2n) is 4.13. The Kier molecular flexibility index (Phi) is 5.41. The minimum atomic E-state index is -0.163. The van der Waals surface area contributed by atoms with Crippen LogP contribution in [0.3, 0.4) is 0 Å². The van der Waals surface area contributed by atoms with Gasteiger partial charge in [-0.05, 0) is 25.6 Å². The van der Waals surface area contributed by atoms with Crippen molar-refractivity contribution in [3.63, 3.8) is 0 Å². The van der Waals surface area contributed by atoms with Crippen LogP contribution in [0.5, 0.6) is 0 Å². The molecule has 0 aliphatic rings. The van der Waals surface area contributed by atoms with E-state index in [1.165, 1.54) is 0 Å². The summed E-state index contributed by atoms with van der Waals surface area (Å²) in [4.78, 5) is 13.2. The number of nitrogens with one attached hydrogen (secondary N) is 1. The lowest BCUT2D eigenvalue weighted by molar-refractivity contribution is -0.122. The summed E-state index contributed by atoms with van der Waals surface area (Å²) in [6, 6.07) is 7.80. The van der Waals surface area contributed by atoms with Crippen LogP contribution in [-0.4, -0.2) is 23.9 Å². The first-order valence-corrected chi connectivity index (χ1v) is 5.85. The number of halogens is 1. The lowest BCUT2D eigenvalue weighted by atomic mass is 10.1. The summed E-state index contributed by atoms with van der Waals surface area (Å²) in [5.41, 5.74) is 3.19. The zero-order valence-corrected chi connectivity index (χ0v) is 10.9. The lowest BCUT2D eigenvalue weighted by Gasteiger charge is -2.24. The fourth-order valence-corrected chi connectivity index (χ4v) is 1.73. The van der Waals surface area contributed by atoms with Crippen molar-refractivity contribution in [1.29, 1.82) is 0 Å². The van der Waals surface area contributed by atoms with Crippen molar-refractivity contribution in [2.24, 2.45) is 5.84 Å². The molecule has 3 N–H and O–H groups in total. The maximum absolute atomic E-state index is 11.2. The number of nitrogens with zero attached hydrogens (tertiary/aromatic N) is 1. The zero-order valence-electron chi connectivity index (χ0n) is 10.1. The third-order valence-electron chi connectivity index (χ3n) is 2.77. The van der Waals surface area contributed by atoms with Crippen LogP contribution in [0, 0.1) is 0 Å². The Morgan fingerprint density at radius 1 is 1.53 bits per heavy atom. The van der Waals surface area contributed by atoms with Gasteiger partial charge in [-0.3, -0.25) is 15.1 Å². The molecule has 0 fully saturated rings. The number of nitrogens with two attached hydrogens (primary N) is 1. The number of rotatable bonds is 5. The smallest absolute Gasteiger partial charge is 0.235 e. The van der Waals surface area contributed by atoms with Crippen LogP contribution >= 0.6 is 11.6 Å². The number of hydrazine groups is 1. The van der Waals surface area contributed by atoms with Gasteiger partial charge in [-0.1, -0.05) is 29.8 Å². The molecule has 17 heavy (non-hydrogen) atoms. The summed E-state index contributed by atoms with van der Waals surface area (Å²) < 4.78 is 0. The molecule has 1 aromatic rings. The highest BCUT2D eigenvalue weighted by molar-refractivity contribution is 6.31. The molecular weight excluding hydrogens is 238 g/mol. The number of benzene rings is 1. The summed E-state index contributed by atoms with van der Waals surface area (Å²) in [5.74, 6) is 4.89. The average Bonchev–Trinajstić information content (AvgIpc) is 2.31. The summed E-state index contributed by atoms with van der Waals surface area (Å²) in [7, 11) is 1.96. The van der Waals surface area contributed by atoms with Crippen molar-refractivity contribution in [2.75, 3.05) is 7.05 Å². The Morgan fingerprint density at radius 2 is 2.18 bits per heavy atom. The number of carbonyl (C=O) groups excluding carboxylic acids is 1. The van der Waals surface area contributed by atoms with Crippen molar-refractivity contribution in [3.05, 3.63) is 34.9 Å². The molecule has 0 spiro atoms. The fourth-order valence-electron chi connectivity index (χ4n) is 1.53. The maximum Gasteiger partial charge on any atom is 0.235 e. The molecular formula is C12H18ClN3O. The SMILES string of the molecule is CC(CC(=O)NN)N(C)Cc1ccccc1Cl. The van der Waals surface area contributed by atoms with Crippen LogP contribution < -0.4 is 11.3 Å². The molecule has 4 nitrogen and oxygen atoms in total. The molecule has 0 aliphatic carbocycles. The van der Waals surface area contributed by atoms with Crippen molar-refractivity contribution in [3.8, 4) is 0 Å². The van der Waals surface area contributed by atoms with Crippen LogP contribution in [0.25, 0.3) is 0 Å². The normalized spacial score (nSPS) is 12.5. The third-order valence-corrected chi connectivity index (χ3v) is 3.14. The Morgan fingerprint density at radius 3 is 2.76 bits per heavy atom. The second kappa shape index (κ2) is 6.59. The van der Waals surface area contributed by atoms with Crippen LogP contribution in [0.1, 0.15) is 18.9 Å². The summed E-state index contributed by atoms with van der Waals surface area (Å²) >= 11 is 6.08. The van der Waals surface area contributed by atoms with Gasteiger partial charge in [0.15, 0.2) is 0 Å². The Bertz CT molecular complexity index is 384. The lowest BCUT2D eigenvalue weighted by Crippen LogP contribution is -2.37. The minimum absolute atomic E-state index is 0.106. The Labute approximate surface area is 107 Å². The monoisotopic (exact) mass is 255 g/mol. The van der Waals surface area contributed by atoms with E-state index in [0.29, 0.717) is 13.0 Å². The van der Waals surface area contributed by atoms with E-state index in [1.54, 1.807) is 0 Å². The van der Waals surface area contributed by atoms with E-state index in [2.05, 4.69) is 10.3 Å². The van der Waals surface area contributed by atoms with Gasteiger partial charge in [-0.25, -0.2) is 5.84 Å². The minimum Gasteiger partial charge on any atom is -0.299 e. The van der Waals surface area contributed by atoms with Gasteiger partial charge in [-0.2, -0.15) is 0 Å². The van der Waals surface area contributed by atoms with Gasteiger partial charge in [0, 0.05) is 24.0 Å². The van der Waals surface area contributed by atoms with Crippen LogP contribution in [-0.2, 0) is 11.3 Å². The summed E-state index contributed by atoms with van der Waals surface area (Å²) in [6.07, 6.45) is 0.372. The van der Waals surface area contributed by atoms with E-state index in [-0.39, 0.29) is 11.9 Å². The van der Waals surface area contributed by atoms with E-state index in [4.69, 9.17) is 17.4 Å². The first-order valence-electron chi connectivity index (χ1n) is 5.47. The van der Waals surface area contributed by atoms with E-state index in [9.17, 15) is 4.79 Å². The van der Waals surface area contributed by atoms with Gasteiger partial charge < -0.3 is 0 Å². The van der Waals surface area contributed by atoms with Crippen molar-refractivity contribution in [2.45, 2.75) is 25.9 Å². The Balaban J connectivity index is 2.57. The Hall–Kier alpha value is -1.10. The van der Waals surface area contributed by atoms with Gasteiger partial charge in [0.05, 0.1) is 0 Å². The third kappa shape index (κ3) is 4.34. The highest BCUT2D eigenvalue weighted by Crippen LogP contribution is 2.17. The highest BCUT2D eigenvalue weighted by atomic mass is 35.5. The number of hydrogen-bond acceptors (Lipinski definition) is 3. The maximum atomic E-state index is 11.2. The van der Waals surface area contributed by atoms with Crippen molar-refractivity contribution in [1.82, 2.24) is 10.3 Å². The topological polar surface area (TPSA) is 58.4 Å². The van der Waals surface area contributed by atoms with Crippen LogP contribution in [0.2, 0.25) is 5.02 Å². The van der Waals surface area contributed by atoms with Gasteiger partial charge >= 0.3 is 0 Å².